The molecule has 5 aliphatic rings. The molecule has 5 heterocycles. The molecule has 0 aromatic carbocycles. The van der Waals surface area contributed by atoms with Gasteiger partial charge in [-0.1, -0.05) is 0 Å². The van der Waals surface area contributed by atoms with Crippen LogP contribution in [0.1, 0.15) is 20.3 Å². The summed E-state index contributed by atoms with van der Waals surface area (Å²) in [5.74, 6) is -6.96. The fraction of sp³-hybridized carbons (Fsp3) is 0.919. The predicted molar refractivity (Wildman–Crippen MR) is 207 cm³/mol. The van der Waals surface area contributed by atoms with E-state index in [2.05, 4.69) is 10.6 Å². The topological polar surface area (TPSA) is 502 Å². The minimum atomic E-state index is -3.18. The Labute approximate surface area is 384 Å². The number of ether oxygens (including phenoxy) is 9. The third kappa shape index (κ3) is 11.8. The number of rotatable bonds is 18. The zero-order valence-corrected chi connectivity index (χ0v) is 36.2. The van der Waals surface area contributed by atoms with Gasteiger partial charge < -0.3 is 140 Å². The first-order chi connectivity index (χ1) is 32.0. The van der Waals surface area contributed by atoms with E-state index in [0.717, 1.165) is 13.8 Å². The lowest BCUT2D eigenvalue weighted by molar-refractivity contribution is -0.388. The Morgan fingerprint density at radius 1 is 0.574 bits per heavy atom. The average Bonchev–Trinajstić information content (AvgIpc) is 3.29. The Balaban J connectivity index is 1.42. The molecule has 19 N–H and O–H groups in total. The van der Waals surface area contributed by atoms with Crippen LogP contribution < -0.4 is 10.6 Å². The molecule has 0 unspecified atom stereocenters. The van der Waals surface area contributed by atoms with E-state index >= 15 is 0 Å². The van der Waals surface area contributed by atoms with Crippen molar-refractivity contribution in [2.75, 3.05) is 33.0 Å². The van der Waals surface area contributed by atoms with E-state index < -0.39 is 216 Å². The van der Waals surface area contributed by atoms with E-state index in [0.29, 0.717) is 0 Å². The van der Waals surface area contributed by atoms with Crippen molar-refractivity contribution in [2.24, 2.45) is 0 Å². The van der Waals surface area contributed by atoms with Crippen molar-refractivity contribution in [3.8, 4) is 0 Å². The Morgan fingerprint density at radius 2 is 1.03 bits per heavy atom. The van der Waals surface area contributed by atoms with Gasteiger partial charge in [-0.05, 0) is 0 Å². The molecule has 0 aromatic rings. The van der Waals surface area contributed by atoms with Gasteiger partial charge in [0.25, 0.3) is 5.79 Å². The molecule has 0 saturated carbocycles. The van der Waals surface area contributed by atoms with E-state index in [-0.39, 0.29) is 0 Å². The smallest absolute Gasteiger partial charge is 0.364 e. The highest BCUT2D eigenvalue weighted by Gasteiger charge is 2.61. The summed E-state index contributed by atoms with van der Waals surface area (Å²) in [6.45, 7) is -3.25. The van der Waals surface area contributed by atoms with Crippen LogP contribution in [0.5, 0.6) is 0 Å². The molecule has 2 amide bonds. The molecule has 0 aliphatic carbocycles. The van der Waals surface area contributed by atoms with Crippen LogP contribution in [0.2, 0.25) is 0 Å². The van der Waals surface area contributed by atoms with Crippen molar-refractivity contribution in [3.05, 3.63) is 0 Å². The van der Waals surface area contributed by atoms with Crippen LogP contribution >= 0.6 is 0 Å². The molecule has 0 radical (unpaired) electrons. The van der Waals surface area contributed by atoms with Crippen molar-refractivity contribution < 1.29 is 144 Å². The third-order valence-electron chi connectivity index (χ3n) is 12.1. The van der Waals surface area contributed by atoms with Gasteiger partial charge in [-0.15, -0.1) is 0 Å². The molecule has 5 rings (SSSR count). The van der Waals surface area contributed by atoms with E-state index in [1.807, 2.05) is 0 Å². The molecular weight excluding hydrogens is 936 g/mol. The van der Waals surface area contributed by atoms with Crippen LogP contribution in [0.25, 0.3) is 0 Å². The molecule has 5 fully saturated rings. The van der Waals surface area contributed by atoms with Gasteiger partial charge in [-0.2, -0.15) is 0 Å². The number of carbonyl (C=O) groups excluding carboxylic acids is 2. The number of amides is 2. The summed E-state index contributed by atoms with van der Waals surface area (Å²) in [4.78, 5) is 37.6. The van der Waals surface area contributed by atoms with Crippen molar-refractivity contribution >= 4 is 17.8 Å². The van der Waals surface area contributed by atoms with Gasteiger partial charge in [0.05, 0.1) is 45.2 Å². The summed E-state index contributed by atoms with van der Waals surface area (Å²) < 4.78 is 50.7. The molecule has 31 nitrogen and oxygen atoms in total. The summed E-state index contributed by atoms with van der Waals surface area (Å²) >= 11 is 0. The van der Waals surface area contributed by atoms with Gasteiger partial charge in [0.1, 0.15) is 116 Å². The van der Waals surface area contributed by atoms with Gasteiger partial charge in [0, 0.05) is 20.3 Å². The largest absolute Gasteiger partial charge is 0.477 e. The second-order valence-corrected chi connectivity index (χ2v) is 16.8. The van der Waals surface area contributed by atoms with Crippen LogP contribution in [0.4, 0.5) is 0 Å². The standard InChI is InChI=1S/C37H62N2O29/c1-9(45)38-17-11(47)3-37(36(58)59,67-30(17)19(49)12(48)4-40)68-31-21(51)14(6-42)62-35(26(31)56)66-29-18(39-10(2)46)33(61-13(5-41)20(29)50)64-28-16(8-44)63-34(25(55)23(28)53)65-27-15(7-43)60-32(57)24(54)22(27)52/h11-35,40-44,47-57H,3-8H2,1-2H3,(H,38,45)(H,39,46)(H,58,59)/t11-,12+,13+,14+,15+,16+,17+,18+,19+,20+,21-,22+,23+,24+,25+,26+,27+,28-,29+,30+,31-,32+,33-,34-,35-,37-/m0/s1. The van der Waals surface area contributed by atoms with E-state index in [1.54, 1.807) is 0 Å². The summed E-state index contributed by atoms with van der Waals surface area (Å²) in [7, 11) is 0. The molecule has 394 valence electrons. The van der Waals surface area contributed by atoms with Crippen LogP contribution in [0.15, 0.2) is 0 Å². The first-order valence-corrected chi connectivity index (χ1v) is 21.2. The Hall–Kier alpha value is -2.59. The van der Waals surface area contributed by atoms with Crippen molar-refractivity contribution in [1.82, 2.24) is 10.6 Å². The molecule has 5 aliphatic heterocycles. The summed E-state index contributed by atoms with van der Waals surface area (Å²) in [5, 5.41) is 185. The molecule has 0 spiro atoms. The van der Waals surface area contributed by atoms with Crippen LogP contribution in [-0.4, -0.2) is 297 Å². The second kappa shape index (κ2) is 23.8. The van der Waals surface area contributed by atoms with Gasteiger partial charge in [0.2, 0.25) is 11.8 Å². The summed E-state index contributed by atoms with van der Waals surface area (Å²) in [6, 6.07) is -3.47. The summed E-state index contributed by atoms with van der Waals surface area (Å²) in [6.07, 6.45) is -47.1. The Kier molecular flexibility index (Phi) is 19.7. The lowest BCUT2D eigenvalue weighted by Crippen LogP contribution is -2.71. The number of carboxylic acids is 1. The van der Waals surface area contributed by atoms with E-state index in [4.69, 9.17) is 42.6 Å². The number of carbonyl (C=O) groups is 3. The van der Waals surface area contributed by atoms with Crippen molar-refractivity contribution in [2.45, 2.75) is 179 Å². The number of carboxylic acid groups (broad SMARTS) is 1. The average molecular weight is 999 g/mol. The summed E-state index contributed by atoms with van der Waals surface area (Å²) in [5.41, 5.74) is 0. The van der Waals surface area contributed by atoms with Crippen LogP contribution in [-0.2, 0) is 57.0 Å². The highest BCUT2D eigenvalue weighted by Crippen LogP contribution is 2.39. The number of aliphatic hydroxyl groups excluding tert-OH is 16. The van der Waals surface area contributed by atoms with Crippen molar-refractivity contribution in [1.29, 1.82) is 0 Å². The zero-order chi connectivity index (χ0) is 50.7. The first kappa shape index (κ1) is 56.3. The maximum atomic E-state index is 13.0. The maximum absolute atomic E-state index is 13.0. The predicted octanol–water partition coefficient (Wildman–Crippen LogP) is -12.4. The fourth-order valence-electron chi connectivity index (χ4n) is 8.54. The monoisotopic (exact) mass is 998 g/mol. The SMILES string of the molecule is CC(=O)N[C@H]1[C@H](O[C@@H]2[C@H](O)[C@@H](O)[C@H](O[C@H]3[C@H](O)[C@@H](O)[C@H](O)O[C@@H]3CO)O[C@@H]2CO)O[C@H](CO)[C@@H](O)[C@@H]1O[C@@H]1O[C@H](CO)[C@H](O)[C@H](O[C@]2(C(=O)O)C[C@H](O)[C@@H](NC(C)=O)[C@H]([C@H](O)[C@H](O)CO)O2)[C@H]1O. The molecule has 26 atom stereocenters. The number of aliphatic carboxylic acids is 1. The van der Waals surface area contributed by atoms with Gasteiger partial charge >= 0.3 is 5.97 Å². The Morgan fingerprint density at radius 3 is 1.56 bits per heavy atom. The zero-order valence-electron chi connectivity index (χ0n) is 36.2. The maximum Gasteiger partial charge on any atom is 0.364 e. The third-order valence-corrected chi connectivity index (χ3v) is 12.1. The van der Waals surface area contributed by atoms with Crippen molar-refractivity contribution in [3.63, 3.8) is 0 Å². The molecule has 31 heteroatoms. The van der Waals surface area contributed by atoms with E-state index in [1.165, 1.54) is 0 Å². The normalized spacial score (nSPS) is 46.6. The Bertz CT molecular complexity index is 1650. The van der Waals surface area contributed by atoms with Gasteiger partial charge in [-0.25, -0.2) is 4.79 Å². The fourth-order valence-corrected chi connectivity index (χ4v) is 8.54. The number of nitrogens with one attached hydrogen (secondary N) is 2. The molecule has 0 aromatic heterocycles. The van der Waals surface area contributed by atoms with E-state index in [9.17, 15) is 101 Å². The lowest BCUT2D eigenvalue weighted by atomic mass is 9.88. The minimum absolute atomic E-state index is 0.815. The van der Waals surface area contributed by atoms with Crippen LogP contribution in [0.3, 0.4) is 0 Å². The number of hydrogen-bond acceptors (Lipinski definition) is 28. The molecule has 0 bridgehead atoms. The lowest BCUT2D eigenvalue weighted by Gasteiger charge is -2.51. The highest BCUT2D eigenvalue weighted by atomic mass is 16.8. The highest BCUT2D eigenvalue weighted by molar-refractivity contribution is 5.76. The molecule has 68 heavy (non-hydrogen) atoms. The minimum Gasteiger partial charge on any atom is -0.477 e. The molecule has 5 saturated heterocycles. The number of hydrogen-bond donors (Lipinski definition) is 19. The quantitative estimate of drug-likeness (QED) is 0.0606. The van der Waals surface area contributed by atoms with Gasteiger partial charge in [0.15, 0.2) is 25.2 Å². The van der Waals surface area contributed by atoms with Crippen LogP contribution in [0, 0.1) is 0 Å². The van der Waals surface area contributed by atoms with Gasteiger partial charge in [-0.3, -0.25) is 9.59 Å². The first-order valence-electron chi connectivity index (χ1n) is 21.2. The molecular formula is C37H62N2O29. The number of aliphatic hydroxyl groups is 16. The second-order valence-electron chi connectivity index (χ2n) is 16.8.